The maximum absolute atomic E-state index is 12.5. The summed E-state index contributed by atoms with van der Waals surface area (Å²) in [7, 11) is 1.96. The summed E-state index contributed by atoms with van der Waals surface area (Å²) < 4.78 is 5.85. The van der Waals surface area contributed by atoms with Crippen LogP contribution in [-0.4, -0.2) is 73.6 Å². The Balaban J connectivity index is 1.26. The molecular weight excluding hydrogens is 521 g/mol. The van der Waals surface area contributed by atoms with Gasteiger partial charge in [-0.15, -0.1) is 11.8 Å². The highest BCUT2D eigenvalue weighted by Crippen LogP contribution is 2.31. The van der Waals surface area contributed by atoms with Gasteiger partial charge in [0, 0.05) is 55.9 Å². The zero-order chi connectivity index (χ0) is 25.7. The highest BCUT2D eigenvalue weighted by molar-refractivity contribution is 8.00. The van der Waals surface area contributed by atoms with Crippen LogP contribution >= 0.6 is 35.0 Å². The number of fused-ring (bicyclic) bond motifs is 1. The molecule has 0 bridgehead atoms. The van der Waals surface area contributed by atoms with Crippen molar-refractivity contribution in [3.8, 4) is 0 Å². The molecule has 2 aromatic rings. The minimum absolute atomic E-state index is 0.0703. The van der Waals surface area contributed by atoms with Gasteiger partial charge in [0.25, 0.3) is 0 Å². The Morgan fingerprint density at radius 1 is 1.17 bits per heavy atom. The molecule has 0 saturated carbocycles. The van der Waals surface area contributed by atoms with E-state index in [1.54, 1.807) is 12.1 Å². The van der Waals surface area contributed by atoms with Crippen molar-refractivity contribution in [1.82, 2.24) is 10.2 Å². The van der Waals surface area contributed by atoms with Crippen molar-refractivity contribution in [3.05, 3.63) is 63.1 Å². The topological polar surface area (TPSA) is 82.1 Å². The third-order valence-corrected chi connectivity index (χ3v) is 7.97. The lowest BCUT2D eigenvalue weighted by Crippen LogP contribution is -2.47. The van der Waals surface area contributed by atoms with Crippen LogP contribution in [0.3, 0.4) is 0 Å². The molecule has 0 spiro atoms. The summed E-state index contributed by atoms with van der Waals surface area (Å²) in [6.07, 6.45) is 2.13. The van der Waals surface area contributed by atoms with Gasteiger partial charge in [-0.1, -0.05) is 29.3 Å². The molecule has 192 valence electrons. The number of hydrogen-bond donors (Lipinski definition) is 2. The zero-order valence-electron chi connectivity index (χ0n) is 20.0. The second kappa shape index (κ2) is 12.3. The van der Waals surface area contributed by atoms with Gasteiger partial charge in [0.05, 0.1) is 28.5 Å². The summed E-state index contributed by atoms with van der Waals surface area (Å²) in [5.41, 5.74) is 3.32. The van der Waals surface area contributed by atoms with Crippen molar-refractivity contribution in [2.24, 2.45) is 0 Å². The average Bonchev–Trinajstić information content (AvgIpc) is 3.02. The number of rotatable bonds is 8. The second-order valence-electron chi connectivity index (χ2n) is 8.94. The molecule has 4 rings (SSSR count). The number of anilines is 1. The Morgan fingerprint density at radius 2 is 2.00 bits per heavy atom. The van der Waals surface area contributed by atoms with Gasteiger partial charge in [0.2, 0.25) is 5.91 Å². The maximum Gasteiger partial charge on any atom is 0.331 e. The van der Waals surface area contributed by atoms with Gasteiger partial charge in [-0.3, -0.25) is 9.69 Å². The molecule has 2 N–H and O–H groups in total. The number of carbonyl (C=O) groups excluding carboxylic acids is 1. The predicted octanol–water partition coefficient (Wildman–Crippen LogP) is 4.41. The first-order chi connectivity index (χ1) is 17.3. The van der Waals surface area contributed by atoms with Gasteiger partial charge in [0.1, 0.15) is 0 Å². The Kier molecular flexibility index (Phi) is 9.19. The molecule has 0 aliphatic carbocycles. The summed E-state index contributed by atoms with van der Waals surface area (Å²) in [6, 6.07) is 11.6. The molecule has 2 aromatic carbocycles. The van der Waals surface area contributed by atoms with Gasteiger partial charge in [-0.2, -0.15) is 0 Å². The third kappa shape index (κ3) is 7.17. The number of ether oxygens (including phenoxy) is 1. The van der Waals surface area contributed by atoms with Crippen LogP contribution in [0.1, 0.15) is 17.5 Å². The number of carbonyl (C=O) groups is 2. The monoisotopic (exact) mass is 549 g/mol. The molecule has 2 aliphatic rings. The van der Waals surface area contributed by atoms with Crippen LogP contribution in [0.15, 0.2) is 46.9 Å². The zero-order valence-corrected chi connectivity index (χ0v) is 22.3. The number of thioether (sulfide) groups is 1. The van der Waals surface area contributed by atoms with Crippen LogP contribution in [0.25, 0.3) is 6.08 Å². The van der Waals surface area contributed by atoms with E-state index in [-0.39, 0.29) is 17.8 Å². The predicted molar refractivity (Wildman–Crippen MR) is 145 cm³/mol. The van der Waals surface area contributed by atoms with Crippen molar-refractivity contribution in [1.29, 1.82) is 0 Å². The molecule has 1 fully saturated rings. The molecule has 10 heteroatoms. The van der Waals surface area contributed by atoms with Crippen molar-refractivity contribution in [2.45, 2.75) is 24.0 Å². The first kappa shape index (κ1) is 26.8. The van der Waals surface area contributed by atoms with Crippen molar-refractivity contribution in [2.75, 3.05) is 50.5 Å². The minimum Gasteiger partial charge on any atom is -0.478 e. The van der Waals surface area contributed by atoms with Gasteiger partial charge in [0.15, 0.2) is 0 Å². The van der Waals surface area contributed by atoms with Gasteiger partial charge < -0.3 is 20.1 Å². The molecule has 1 saturated heterocycles. The molecule has 0 aromatic heterocycles. The van der Waals surface area contributed by atoms with Crippen molar-refractivity contribution < 1.29 is 19.4 Å². The summed E-state index contributed by atoms with van der Waals surface area (Å²) in [5.74, 6) is -0.697. The lowest BCUT2D eigenvalue weighted by atomic mass is 10.1. The molecule has 0 radical (unpaired) electrons. The molecule has 1 amide bonds. The molecule has 2 heterocycles. The molecule has 36 heavy (non-hydrogen) atoms. The van der Waals surface area contributed by atoms with Crippen LogP contribution in [0.2, 0.25) is 10.0 Å². The number of halogens is 2. The maximum atomic E-state index is 12.5. The molecule has 2 aliphatic heterocycles. The van der Waals surface area contributed by atoms with Crippen molar-refractivity contribution >= 4 is 58.6 Å². The van der Waals surface area contributed by atoms with Gasteiger partial charge in [-0.05, 0) is 54.0 Å². The van der Waals surface area contributed by atoms with E-state index in [0.29, 0.717) is 48.3 Å². The Bertz CT molecular complexity index is 1160. The van der Waals surface area contributed by atoms with E-state index < -0.39 is 5.97 Å². The highest BCUT2D eigenvalue weighted by atomic mass is 35.5. The molecular formula is C26H29Cl2N3O4S. The molecule has 1 atom stereocenters. The number of carboxylic acids is 1. The average molecular weight is 551 g/mol. The SMILES string of the molecule is CN1CCC(C(=O)O)=Cc2cc(SCC(=O)NCC3CN(Cc4ccc(Cl)c(Cl)c4)CCO3)ccc21. The number of morpholine rings is 1. The quantitative estimate of drug-likeness (QED) is 0.472. The van der Waals surface area contributed by atoms with E-state index >= 15 is 0 Å². The van der Waals surface area contributed by atoms with Crippen LogP contribution < -0.4 is 10.2 Å². The number of nitrogens with zero attached hydrogens (tertiary/aromatic N) is 2. The fourth-order valence-electron chi connectivity index (χ4n) is 4.29. The number of benzene rings is 2. The Morgan fingerprint density at radius 3 is 2.78 bits per heavy atom. The van der Waals surface area contributed by atoms with Gasteiger partial charge in [-0.25, -0.2) is 4.79 Å². The van der Waals surface area contributed by atoms with E-state index in [4.69, 9.17) is 27.9 Å². The first-order valence-corrected chi connectivity index (χ1v) is 13.5. The molecule has 1 unspecified atom stereocenters. The van der Waals surface area contributed by atoms with E-state index in [9.17, 15) is 14.7 Å². The second-order valence-corrected chi connectivity index (χ2v) is 10.8. The number of amides is 1. The van der Waals surface area contributed by atoms with Gasteiger partial charge >= 0.3 is 5.97 Å². The van der Waals surface area contributed by atoms with E-state index in [0.717, 1.165) is 34.8 Å². The summed E-state index contributed by atoms with van der Waals surface area (Å²) in [5, 5.41) is 13.5. The Hall–Kier alpha value is -2.23. The fraction of sp³-hybridized carbons (Fsp3) is 0.385. The third-order valence-electron chi connectivity index (χ3n) is 6.24. The smallest absolute Gasteiger partial charge is 0.331 e. The van der Waals surface area contributed by atoms with Crippen LogP contribution in [0.5, 0.6) is 0 Å². The molecule has 7 nitrogen and oxygen atoms in total. The number of aliphatic carboxylic acids is 1. The highest BCUT2D eigenvalue weighted by Gasteiger charge is 2.22. The minimum atomic E-state index is -0.894. The van der Waals surface area contributed by atoms with Crippen LogP contribution in [0.4, 0.5) is 5.69 Å². The summed E-state index contributed by atoms with van der Waals surface area (Å²) in [6.45, 7) is 3.96. The number of nitrogens with one attached hydrogen (secondary N) is 1. The lowest BCUT2D eigenvalue weighted by Gasteiger charge is -2.33. The van der Waals surface area contributed by atoms with E-state index in [1.807, 2.05) is 37.4 Å². The fourth-order valence-corrected chi connectivity index (χ4v) is 5.39. The van der Waals surface area contributed by atoms with E-state index in [2.05, 4.69) is 15.1 Å². The lowest BCUT2D eigenvalue weighted by molar-refractivity contribution is -0.132. The summed E-state index contributed by atoms with van der Waals surface area (Å²) in [4.78, 5) is 29.3. The normalized spacial score (nSPS) is 18.2. The largest absolute Gasteiger partial charge is 0.478 e. The number of hydrogen-bond acceptors (Lipinski definition) is 6. The standard InChI is InChI=1S/C26H29Cl2N3O4S/c1-30-7-6-18(26(33)34)11-19-12-21(3-5-24(19)30)36-16-25(32)29-13-20-15-31(8-9-35-20)14-17-2-4-22(27)23(28)10-17/h2-5,10-12,20H,6-9,13-16H2,1H3,(H,29,32)(H,33,34). The first-order valence-electron chi connectivity index (χ1n) is 11.7. The number of carboxylic acid groups (broad SMARTS) is 1. The Labute approximate surface area is 225 Å². The van der Waals surface area contributed by atoms with Crippen LogP contribution in [-0.2, 0) is 20.9 Å². The van der Waals surface area contributed by atoms with Crippen molar-refractivity contribution in [3.63, 3.8) is 0 Å². The van der Waals surface area contributed by atoms with Crippen LogP contribution in [0, 0.1) is 0 Å². The summed E-state index contributed by atoms with van der Waals surface area (Å²) >= 11 is 13.6. The van der Waals surface area contributed by atoms with E-state index in [1.165, 1.54) is 11.8 Å².